The summed E-state index contributed by atoms with van der Waals surface area (Å²) in [6.45, 7) is 4.09. The molecule has 0 bridgehead atoms. The Morgan fingerprint density at radius 1 is 1.04 bits per heavy atom. The molecule has 27 heavy (non-hydrogen) atoms. The number of nitro benzene ring substituents is 1. The highest BCUT2D eigenvalue weighted by molar-refractivity contribution is 5.93. The topological polar surface area (TPSA) is 106 Å². The zero-order valence-electron chi connectivity index (χ0n) is 15.5. The van der Waals surface area contributed by atoms with Crippen molar-refractivity contribution in [2.45, 2.75) is 13.8 Å². The molecule has 1 atom stereocenters. The SMILES string of the molecule is Cc1cccc(NC(=O)C[NH+](C)CC(=O)Nc2cccc([N+](=O)[O-])c2)c1C. The lowest BCUT2D eigenvalue weighted by atomic mass is 10.1. The Kier molecular flexibility index (Phi) is 6.62. The smallest absolute Gasteiger partial charge is 0.279 e. The molecule has 0 aliphatic rings. The average molecular weight is 371 g/mol. The van der Waals surface area contributed by atoms with Crippen molar-refractivity contribution in [1.82, 2.24) is 0 Å². The maximum absolute atomic E-state index is 12.2. The molecule has 8 heteroatoms. The lowest BCUT2D eigenvalue weighted by Crippen LogP contribution is -3.11. The van der Waals surface area contributed by atoms with Crippen molar-refractivity contribution in [1.29, 1.82) is 0 Å². The third kappa shape index (κ3) is 5.89. The van der Waals surface area contributed by atoms with Gasteiger partial charge in [-0.25, -0.2) is 0 Å². The molecular weight excluding hydrogens is 348 g/mol. The minimum atomic E-state index is -0.523. The van der Waals surface area contributed by atoms with Crippen molar-refractivity contribution >= 4 is 28.9 Å². The number of hydrogen-bond acceptors (Lipinski definition) is 4. The maximum Gasteiger partial charge on any atom is 0.279 e. The van der Waals surface area contributed by atoms with Gasteiger partial charge in [0, 0.05) is 23.5 Å². The second-order valence-electron chi connectivity index (χ2n) is 6.46. The summed E-state index contributed by atoms with van der Waals surface area (Å²) in [7, 11) is 1.73. The van der Waals surface area contributed by atoms with Crippen LogP contribution in [0.4, 0.5) is 17.1 Å². The molecule has 2 rings (SSSR count). The van der Waals surface area contributed by atoms with E-state index in [0.717, 1.165) is 16.8 Å². The van der Waals surface area contributed by atoms with Crippen LogP contribution in [0.25, 0.3) is 0 Å². The number of aryl methyl sites for hydroxylation is 1. The Bertz CT molecular complexity index is 867. The molecule has 2 aromatic rings. The summed E-state index contributed by atoms with van der Waals surface area (Å²) in [4.78, 5) is 35.3. The number of quaternary nitrogens is 1. The van der Waals surface area contributed by atoms with Crippen molar-refractivity contribution in [2.75, 3.05) is 30.8 Å². The molecule has 0 saturated carbocycles. The van der Waals surface area contributed by atoms with Crippen LogP contribution in [0.3, 0.4) is 0 Å². The quantitative estimate of drug-likeness (QED) is 0.504. The molecule has 0 fully saturated rings. The van der Waals surface area contributed by atoms with E-state index in [1.807, 2.05) is 32.0 Å². The summed E-state index contributed by atoms with van der Waals surface area (Å²) >= 11 is 0. The zero-order valence-corrected chi connectivity index (χ0v) is 15.5. The predicted octanol–water partition coefficient (Wildman–Crippen LogP) is 1.30. The second kappa shape index (κ2) is 8.91. The molecule has 2 amide bonds. The van der Waals surface area contributed by atoms with Crippen molar-refractivity contribution in [2.24, 2.45) is 0 Å². The molecule has 0 aromatic heterocycles. The minimum Gasteiger partial charge on any atom is -0.322 e. The molecule has 0 aliphatic heterocycles. The third-order valence-corrected chi connectivity index (χ3v) is 4.14. The first kappa shape index (κ1) is 20.1. The third-order valence-electron chi connectivity index (χ3n) is 4.14. The lowest BCUT2D eigenvalue weighted by Gasteiger charge is -2.15. The van der Waals surface area contributed by atoms with Gasteiger partial charge in [0.2, 0.25) is 0 Å². The van der Waals surface area contributed by atoms with E-state index < -0.39 is 4.92 Å². The van der Waals surface area contributed by atoms with E-state index in [-0.39, 0.29) is 30.6 Å². The van der Waals surface area contributed by atoms with Gasteiger partial charge >= 0.3 is 0 Å². The lowest BCUT2D eigenvalue weighted by molar-refractivity contribution is -0.862. The Morgan fingerprint density at radius 2 is 1.67 bits per heavy atom. The van der Waals surface area contributed by atoms with Crippen LogP contribution in [-0.4, -0.2) is 36.9 Å². The summed E-state index contributed by atoms with van der Waals surface area (Å²) in [6, 6.07) is 11.4. The fourth-order valence-corrected chi connectivity index (χ4v) is 2.59. The predicted molar refractivity (Wildman–Crippen MR) is 103 cm³/mol. The van der Waals surface area contributed by atoms with Gasteiger partial charge in [0.25, 0.3) is 17.5 Å². The van der Waals surface area contributed by atoms with E-state index in [0.29, 0.717) is 10.6 Å². The van der Waals surface area contributed by atoms with Gasteiger partial charge < -0.3 is 15.5 Å². The van der Waals surface area contributed by atoms with Crippen LogP contribution in [0, 0.1) is 24.0 Å². The highest BCUT2D eigenvalue weighted by Gasteiger charge is 2.16. The summed E-state index contributed by atoms with van der Waals surface area (Å²) in [5.41, 5.74) is 3.11. The summed E-state index contributed by atoms with van der Waals surface area (Å²) in [5.74, 6) is -0.517. The van der Waals surface area contributed by atoms with Crippen LogP contribution < -0.4 is 15.5 Å². The first-order chi connectivity index (χ1) is 12.8. The summed E-state index contributed by atoms with van der Waals surface area (Å²) in [6.07, 6.45) is 0. The summed E-state index contributed by atoms with van der Waals surface area (Å²) in [5, 5.41) is 16.2. The number of nitro groups is 1. The molecule has 1 unspecified atom stereocenters. The number of nitrogens with zero attached hydrogens (tertiary/aromatic N) is 1. The highest BCUT2D eigenvalue weighted by Crippen LogP contribution is 2.18. The highest BCUT2D eigenvalue weighted by atomic mass is 16.6. The van der Waals surface area contributed by atoms with E-state index >= 15 is 0 Å². The number of rotatable bonds is 7. The van der Waals surface area contributed by atoms with Crippen molar-refractivity contribution < 1.29 is 19.4 Å². The van der Waals surface area contributed by atoms with Gasteiger partial charge in [-0.15, -0.1) is 0 Å². The van der Waals surface area contributed by atoms with Crippen molar-refractivity contribution in [3.8, 4) is 0 Å². The van der Waals surface area contributed by atoms with Crippen LogP contribution in [0.5, 0.6) is 0 Å². The number of likely N-dealkylation sites (N-methyl/N-ethyl adjacent to an activating group) is 1. The van der Waals surface area contributed by atoms with E-state index in [1.54, 1.807) is 13.1 Å². The van der Waals surface area contributed by atoms with E-state index in [1.165, 1.54) is 18.2 Å². The van der Waals surface area contributed by atoms with Crippen LogP contribution >= 0.6 is 0 Å². The van der Waals surface area contributed by atoms with E-state index in [2.05, 4.69) is 10.6 Å². The van der Waals surface area contributed by atoms with E-state index in [4.69, 9.17) is 0 Å². The molecular formula is C19H23N4O4+. The van der Waals surface area contributed by atoms with Gasteiger partial charge in [0.15, 0.2) is 13.1 Å². The molecule has 0 saturated heterocycles. The number of benzene rings is 2. The largest absolute Gasteiger partial charge is 0.322 e. The Hall–Kier alpha value is -3.26. The monoisotopic (exact) mass is 371 g/mol. The first-order valence-electron chi connectivity index (χ1n) is 8.48. The molecule has 8 nitrogen and oxygen atoms in total. The van der Waals surface area contributed by atoms with Crippen LogP contribution in [0.1, 0.15) is 11.1 Å². The zero-order chi connectivity index (χ0) is 20.0. The van der Waals surface area contributed by atoms with Gasteiger partial charge in [0.1, 0.15) is 0 Å². The van der Waals surface area contributed by atoms with Gasteiger partial charge in [-0.05, 0) is 37.1 Å². The number of amides is 2. The van der Waals surface area contributed by atoms with Gasteiger partial charge in [0.05, 0.1) is 12.0 Å². The average Bonchev–Trinajstić information content (AvgIpc) is 2.58. The number of anilines is 2. The minimum absolute atomic E-state index is 0.0584. The van der Waals surface area contributed by atoms with Gasteiger partial charge in [-0.3, -0.25) is 19.7 Å². The van der Waals surface area contributed by atoms with Crippen LogP contribution in [0.15, 0.2) is 42.5 Å². The van der Waals surface area contributed by atoms with Gasteiger partial charge in [-0.2, -0.15) is 0 Å². The fourth-order valence-electron chi connectivity index (χ4n) is 2.59. The molecule has 3 N–H and O–H groups in total. The molecule has 0 aliphatic carbocycles. The van der Waals surface area contributed by atoms with Crippen molar-refractivity contribution in [3.63, 3.8) is 0 Å². The molecule has 142 valence electrons. The molecule has 2 aromatic carbocycles. The number of hydrogen-bond donors (Lipinski definition) is 3. The fraction of sp³-hybridized carbons (Fsp3) is 0.263. The molecule has 0 radical (unpaired) electrons. The molecule has 0 spiro atoms. The standard InChI is InChI=1S/C19H22N4O4/c1-13-6-4-9-17(14(13)2)21-19(25)12-22(3)11-18(24)20-15-7-5-8-16(10-15)23(26)27/h4-10H,11-12H2,1-3H3,(H,20,24)(H,21,25)/p+1. The summed E-state index contributed by atoms with van der Waals surface area (Å²) < 4.78 is 0. The van der Waals surface area contributed by atoms with E-state index in [9.17, 15) is 19.7 Å². The maximum atomic E-state index is 12.2. The number of non-ortho nitro benzene ring substituents is 1. The van der Waals surface area contributed by atoms with Crippen LogP contribution in [0.2, 0.25) is 0 Å². The van der Waals surface area contributed by atoms with Gasteiger partial charge in [-0.1, -0.05) is 18.2 Å². The number of carbonyl (C=O) groups is 2. The van der Waals surface area contributed by atoms with Crippen LogP contribution in [-0.2, 0) is 9.59 Å². The Morgan fingerprint density at radius 3 is 2.33 bits per heavy atom. The number of nitrogens with one attached hydrogen (secondary N) is 3. The Labute approximate surface area is 157 Å². The number of carbonyl (C=O) groups excluding carboxylic acids is 2. The Balaban J connectivity index is 1.87. The normalized spacial score (nSPS) is 11.5. The van der Waals surface area contributed by atoms with Crippen molar-refractivity contribution in [3.05, 3.63) is 63.7 Å². The molecule has 0 heterocycles. The first-order valence-corrected chi connectivity index (χ1v) is 8.48. The second-order valence-corrected chi connectivity index (χ2v) is 6.46.